The van der Waals surface area contributed by atoms with Crippen molar-refractivity contribution in [3.8, 4) is 5.75 Å². The molecule has 0 saturated heterocycles. The molecule has 42 heavy (non-hydrogen) atoms. The summed E-state index contributed by atoms with van der Waals surface area (Å²) in [6.45, 7) is 0. The number of imidazole rings is 1. The number of nitrogens with zero attached hydrogens (tertiary/aromatic N) is 4. The highest BCUT2D eigenvalue weighted by atomic mass is 19.4. The average Bonchev–Trinajstić information content (AvgIpc) is 3.71. The summed E-state index contributed by atoms with van der Waals surface area (Å²) < 4.78 is 72.4. The average molecular weight is 595 g/mol. The summed E-state index contributed by atoms with van der Waals surface area (Å²) in [5.41, 5.74) is 1.65. The standard InChI is InChI=1S/C28H31F5N6O3/c1-42-20-10-19(12-34-14-20)26(41)38-25(17-4-7-27(29,30)8-5-17)21-15-39-22(36-21)11-18(13-35-39)24(16-2-3-16)37-23(40)6-9-28(31,32)33/h10-17,24-25H,2-9H2,1H3,(H,37,40)(H,38,41)/t24-,25+/m1/s1. The fourth-order valence-electron chi connectivity index (χ4n) is 5.34. The molecular weight excluding hydrogens is 563 g/mol. The van der Waals surface area contributed by atoms with E-state index in [1.807, 2.05) is 0 Å². The van der Waals surface area contributed by atoms with Crippen molar-refractivity contribution in [2.45, 2.75) is 75.5 Å². The zero-order valence-corrected chi connectivity index (χ0v) is 22.8. The minimum Gasteiger partial charge on any atom is -0.495 e. The number of amides is 2. The molecule has 14 heteroatoms. The number of rotatable bonds is 10. The predicted octanol–water partition coefficient (Wildman–Crippen LogP) is 5.34. The first-order valence-corrected chi connectivity index (χ1v) is 13.8. The Labute approximate surface area is 238 Å². The molecule has 2 saturated carbocycles. The van der Waals surface area contributed by atoms with Gasteiger partial charge in [0, 0.05) is 25.5 Å². The number of methoxy groups -OCH3 is 1. The van der Waals surface area contributed by atoms with Crippen LogP contribution in [0, 0.1) is 11.8 Å². The Balaban J connectivity index is 1.40. The molecular formula is C28H31F5N6O3. The van der Waals surface area contributed by atoms with Crippen LogP contribution in [-0.2, 0) is 4.79 Å². The van der Waals surface area contributed by atoms with Gasteiger partial charge < -0.3 is 15.4 Å². The summed E-state index contributed by atoms with van der Waals surface area (Å²) in [7, 11) is 1.45. The summed E-state index contributed by atoms with van der Waals surface area (Å²) in [4.78, 5) is 34.2. The molecule has 2 aliphatic carbocycles. The second-order valence-corrected chi connectivity index (χ2v) is 11.0. The molecule has 0 aromatic carbocycles. The number of carbonyl (C=O) groups excluding carboxylic acids is 2. The van der Waals surface area contributed by atoms with Crippen molar-refractivity contribution < 1.29 is 36.3 Å². The largest absolute Gasteiger partial charge is 0.495 e. The molecule has 2 N–H and O–H groups in total. The molecule has 0 radical (unpaired) electrons. The summed E-state index contributed by atoms with van der Waals surface area (Å²) in [5, 5.41) is 10.1. The van der Waals surface area contributed by atoms with E-state index in [2.05, 4.69) is 25.7 Å². The van der Waals surface area contributed by atoms with Crippen LogP contribution in [0.15, 0.2) is 36.9 Å². The van der Waals surface area contributed by atoms with Gasteiger partial charge in [-0.05, 0) is 55.2 Å². The van der Waals surface area contributed by atoms with Gasteiger partial charge in [-0.2, -0.15) is 18.3 Å². The molecule has 3 aromatic rings. The number of pyridine rings is 1. The smallest absolute Gasteiger partial charge is 0.389 e. The topological polar surface area (TPSA) is 111 Å². The van der Waals surface area contributed by atoms with Crippen molar-refractivity contribution in [1.29, 1.82) is 0 Å². The molecule has 226 valence electrons. The molecule has 2 amide bonds. The third-order valence-electron chi connectivity index (χ3n) is 7.81. The second-order valence-electron chi connectivity index (χ2n) is 11.0. The molecule has 2 aliphatic rings. The number of hydrogen-bond donors (Lipinski definition) is 2. The minimum atomic E-state index is -4.43. The van der Waals surface area contributed by atoms with Crippen molar-refractivity contribution in [3.63, 3.8) is 0 Å². The van der Waals surface area contributed by atoms with Gasteiger partial charge in [-0.15, -0.1) is 0 Å². The maximum Gasteiger partial charge on any atom is 0.389 e. The SMILES string of the molecule is COc1cncc(C(=O)N[C@H](c2cn3ncc([C@H](NC(=O)CCC(F)(F)F)C4CC4)cc3n2)C2CCC(F)(F)CC2)c1. The van der Waals surface area contributed by atoms with Crippen molar-refractivity contribution in [2.24, 2.45) is 11.8 Å². The highest BCUT2D eigenvalue weighted by Gasteiger charge is 2.40. The van der Waals surface area contributed by atoms with Gasteiger partial charge in [0.25, 0.3) is 5.91 Å². The quantitative estimate of drug-likeness (QED) is 0.307. The summed E-state index contributed by atoms with van der Waals surface area (Å²) >= 11 is 0. The molecule has 3 aromatic heterocycles. The molecule has 9 nitrogen and oxygen atoms in total. The lowest BCUT2D eigenvalue weighted by atomic mass is 9.81. The second kappa shape index (κ2) is 11.8. The van der Waals surface area contributed by atoms with Crippen molar-refractivity contribution in [1.82, 2.24) is 30.2 Å². The van der Waals surface area contributed by atoms with Gasteiger partial charge in [0.05, 0.1) is 55.5 Å². The van der Waals surface area contributed by atoms with Crippen LogP contribution in [0.1, 0.15) is 85.1 Å². The van der Waals surface area contributed by atoms with Crippen LogP contribution in [0.5, 0.6) is 5.75 Å². The van der Waals surface area contributed by atoms with Gasteiger partial charge in [0.15, 0.2) is 5.65 Å². The van der Waals surface area contributed by atoms with Crippen LogP contribution in [0.25, 0.3) is 5.65 Å². The Morgan fingerprint density at radius 1 is 1.05 bits per heavy atom. The third kappa shape index (κ3) is 7.32. The number of hydrogen-bond acceptors (Lipinski definition) is 6. The maximum absolute atomic E-state index is 14.0. The fraction of sp³-hybridized carbons (Fsp3) is 0.536. The molecule has 0 aliphatic heterocycles. The van der Waals surface area contributed by atoms with E-state index in [0.29, 0.717) is 22.7 Å². The van der Waals surface area contributed by atoms with E-state index >= 15 is 0 Å². The summed E-state index contributed by atoms with van der Waals surface area (Å²) in [6.07, 6.45) is 1.05. The fourth-order valence-corrected chi connectivity index (χ4v) is 5.34. The minimum absolute atomic E-state index is 0.0749. The van der Waals surface area contributed by atoms with E-state index in [9.17, 15) is 31.5 Å². The Hall–Kier alpha value is -3.84. The van der Waals surface area contributed by atoms with Gasteiger partial charge in [-0.3, -0.25) is 14.6 Å². The number of alkyl halides is 5. The first kappa shape index (κ1) is 29.6. The first-order chi connectivity index (χ1) is 19.9. The normalized spacial score (nSPS) is 18.8. The van der Waals surface area contributed by atoms with Crippen LogP contribution < -0.4 is 15.4 Å². The number of carbonyl (C=O) groups is 2. The molecule has 0 bridgehead atoms. The maximum atomic E-state index is 14.0. The van der Waals surface area contributed by atoms with E-state index in [4.69, 9.17) is 4.74 Å². The van der Waals surface area contributed by atoms with Crippen LogP contribution in [-0.4, -0.2) is 50.6 Å². The third-order valence-corrected chi connectivity index (χ3v) is 7.81. The predicted molar refractivity (Wildman–Crippen MR) is 140 cm³/mol. The van der Waals surface area contributed by atoms with E-state index in [1.165, 1.54) is 36.3 Å². The highest BCUT2D eigenvalue weighted by Crippen LogP contribution is 2.43. The van der Waals surface area contributed by atoms with Gasteiger partial charge >= 0.3 is 6.18 Å². The van der Waals surface area contributed by atoms with Gasteiger partial charge in [-0.25, -0.2) is 18.3 Å². The Kier molecular flexibility index (Phi) is 8.33. The van der Waals surface area contributed by atoms with Crippen molar-refractivity contribution in [2.75, 3.05) is 7.11 Å². The van der Waals surface area contributed by atoms with Crippen molar-refractivity contribution >= 4 is 17.5 Å². The Bertz CT molecular complexity index is 1430. The van der Waals surface area contributed by atoms with Gasteiger partial charge in [0.1, 0.15) is 5.75 Å². The summed E-state index contributed by atoms with van der Waals surface area (Å²) in [6, 6.07) is 2.00. The molecule has 0 unspecified atom stereocenters. The molecule has 0 spiro atoms. The van der Waals surface area contributed by atoms with E-state index in [0.717, 1.165) is 12.8 Å². The van der Waals surface area contributed by atoms with Crippen LogP contribution >= 0.6 is 0 Å². The van der Waals surface area contributed by atoms with Crippen LogP contribution in [0.4, 0.5) is 22.0 Å². The Morgan fingerprint density at radius 3 is 2.43 bits per heavy atom. The number of ether oxygens (including phenoxy) is 1. The first-order valence-electron chi connectivity index (χ1n) is 13.8. The number of aromatic nitrogens is 4. The number of fused-ring (bicyclic) bond motifs is 1. The molecule has 5 rings (SSSR count). The number of nitrogens with one attached hydrogen (secondary N) is 2. The van der Waals surface area contributed by atoms with Gasteiger partial charge in [0.2, 0.25) is 11.8 Å². The lowest BCUT2D eigenvalue weighted by Crippen LogP contribution is -2.37. The van der Waals surface area contributed by atoms with Crippen molar-refractivity contribution in [3.05, 3.63) is 53.7 Å². The van der Waals surface area contributed by atoms with Gasteiger partial charge in [-0.1, -0.05) is 0 Å². The zero-order chi connectivity index (χ0) is 30.1. The number of halogens is 5. The van der Waals surface area contributed by atoms with Crippen LogP contribution in [0.3, 0.4) is 0 Å². The monoisotopic (exact) mass is 594 g/mol. The molecule has 2 fully saturated rings. The molecule has 2 atom stereocenters. The highest BCUT2D eigenvalue weighted by molar-refractivity contribution is 5.94. The van der Waals surface area contributed by atoms with E-state index < -0.39 is 48.8 Å². The van der Waals surface area contributed by atoms with E-state index in [-0.39, 0.29) is 43.1 Å². The lowest BCUT2D eigenvalue weighted by Gasteiger charge is -2.33. The Morgan fingerprint density at radius 2 is 1.76 bits per heavy atom. The lowest BCUT2D eigenvalue weighted by molar-refractivity contribution is -0.144. The summed E-state index contributed by atoms with van der Waals surface area (Å²) in [5.74, 6) is -3.78. The molecule has 3 heterocycles. The van der Waals surface area contributed by atoms with Crippen LogP contribution in [0.2, 0.25) is 0 Å². The van der Waals surface area contributed by atoms with E-state index in [1.54, 1.807) is 12.3 Å². The zero-order valence-electron chi connectivity index (χ0n) is 22.8.